The molecule has 61 nitrogen and oxygen atoms in total. The molecule has 0 radical (unpaired) electrons. The first-order valence-corrected chi connectivity index (χ1v) is 43.3. The van der Waals surface area contributed by atoms with Gasteiger partial charge in [0, 0.05) is 31.1 Å². The van der Waals surface area contributed by atoms with Crippen LogP contribution in [-0.4, -0.2) is 325 Å². The predicted octanol–water partition coefficient (Wildman–Crippen LogP) is -51.6. The average Bonchev–Trinajstić information content (AvgIpc) is 0.853. The summed E-state index contributed by atoms with van der Waals surface area (Å²) in [6, 6.07) is -5.49. The molecule has 15 atom stereocenters. The van der Waals surface area contributed by atoms with Gasteiger partial charge in [-0.15, -0.1) is 5.10 Å². The summed E-state index contributed by atoms with van der Waals surface area (Å²) in [7, 11) is -74.4. The van der Waals surface area contributed by atoms with Gasteiger partial charge >= 0.3 is 384 Å². The van der Waals surface area contributed by atoms with Crippen molar-refractivity contribution in [2.75, 3.05) is 33.0 Å². The summed E-state index contributed by atoms with van der Waals surface area (Å²) in [4.78, 5) is 0. The van der Waals surface area contributed by atoms with E-state index in [4.69, 9.17) is 98.5 Å². The van der Waals surface area contributed by atoms with Crippen molar-refractivity contribution < 1.29 is 633 Å². The zero-order chi connectivity index (χ0) is 83.7. The molecule has 636 valence electrons. The van der Waals surface area contributed by atoms with Gasteiger partial charge in [-0.25, -0.2) is 131 Å². The predicted molar refractivity (Wildman–Crippen MR) is 299 cm³/mol. The normalized spacial score (nSPS) is 24.1. The molecule has 3 heterocycles. The Morgan fingerprint density at radius 3 is 1.23 bits per heavy atom. The van der Waals surface area contributed by atoms with Crippen molar-refractivity contribution in [3.8, 4) is 0 Å². The van der Waals surface area contributed by atoms with Crippen LogP contribution in [0.3, 0.4) is 0 Å². The van der Waals surface area contributed by atoms with Crippen LogP contribution < -0.4 is 384 Å². The Labute approximate surface area is 976 Å². The van der Waals surface area contributed by atoms with E-state index in [-0.39, 0.29) is 422 Å². The van der Waals surface area contributed by atoms with Gasteiger partial charge in [0.25, 0.3) is 0 Å². The van der Waals surface area contributed by atoms with E-state index in [2.05, 4.69) is 43.8 Å². The van der Waals surface area contributed by atoms with E-state index < -0.39 is 269 Å². The van der Waals surface area contributed by atoms with E-state index in [0.29, 0.717) is 20.0 Å². The number of hydrogen-bond acceptors (Lipinski definition) is 55. The molecule has 2 aliphatic heterocycles. The third kappa shape index (κ3) is 82.7. The third-order valence-electron chi connectivity index (χ3n) is 11.5. The fourth-order valence-electron chi connectivity index (χ4n) is 8.60. The van der Waals surface area contributed by atoms with Crippen LogP contribution in [0.2, 0.25) is 0 Å². The molecular formula is C33H47N4Na13O57S13-4. The Balaban J connectivity index is -0.000000282. The summed E-state index contributed by atoms with van der Waals surface area (Å²) in [6.07, 6.45) is -27.8. The first-order chi connectivity index (χ1) is 47.5. The number of hydrogen-bond donors (Lipinski definition) is 4. The van der Waals surface area contributed by atoms with Crippen molar-refractivity contribution in [1.29, 1.82) is 0 Å². The van der Waals surface area contributed by atoms with E-state index in [1.54, 1.807) is 6.92 Å². The largest absolute Gasteiger partial charge is 1.00 e. The van der Waals surface area contributed by atoms with Crippen LogP contribution in [0.5, 0.6) is 0 Å². The van der Waals surface area contributed by atoms with Crippen LogP contribution in [0.15, 0.2) is 17.8 Å². The van der Waals surface area contributed by atoms with Crippen molar-refractivity contribution in [3.05, 3.63) is 49.2 Å². The smallest absolute Gasteiger partial charge is 0.735 e. The molecule has 0 spiro atoms. The number of ether oxygens (including phenoxy) is 6. The molecule has 0 aromatic carbocycles. The molecule has 3 fully saturated rings. The quantitative estimate of drug-likeness (QED) is 0.0127. The van der Waals surface area contributed by atoms with Crippen molar-refractivity contribution in [3.63, 3.8) is 0 Å². The molecule has 0 amide bonds. The summed E-state index contributed by atoms with van der Waals surface area (Å²) < 4.78 is 524. The van der Waals surface area contributed by atoms with Crippen molar-refractivity contribution in [1.82, 2.24) is 19.3 Å². The maximum Gasteiger partial charge on any atom is 1.00 e. The minimum Gasteiger partial charge on any atom is -0.735 e. The SMILES string of the molecule is CCOCCn1cc(CO[C@H]2[CH-][C@@H](OS(=O)(=O)[O-])[C@H](O[C@@H]3[CH-][C@@H](OS(=O)(=O)[O-])[C@H](O[C@@H]4[CH-][C@@H](OS(=O)(=O)[O-])[C@H](N([C@H]5C=C(COS(=O)(=O)[O-])C(OS(=O)(=O)[O-])[C@H](OS(=O)(=O)[O-])[CH-]5)S(=O)(=O)[O-])[C@@H](C)O4)[C@@H](COS(=O)(=O)[O-])O3)[C@@H](COS(=O)(=O)[O-])C2)nn1.O=S(=O)([O-])O.O=S(=O)([O-])O.O=S(=O)([O-])O.O=S(=O)([O-])O.[Na+].[Na+].[Na+].[Na+].[Na+].[Na+].[Na+].[Na+].[Na+].[Na+].[Na+].[Na+].[Na+]. The standard InChI is InChI=1S/C33H52N4O41S9.13Na.4H2O4S/c1-3-65-5-4-36-12-20(34-35-36)15-66-22-7-19(14-68-81(44,45)46)31(25(9-22)76-85(56,57)58)72-29-11-26(77-86(59,60)61)33(27(71-29)16-69-82(47,48)49)73-28-10-23(74-83(50,51)52)30(17(2)70-28)37(79(38,39)40)21-6-18(13-67-80(41,42)43)32(78-87(62,63)64)24(8-21)75-84(53,54)55;;;;;;;;;;;;;;4*1-5(2,3)4/h6,8-12,17,19,21-33H,3-5,7,13-16H2,1-2H3,(H,38,39,40)(H,41,42,43)(H,44,45,46)(H,47,48,49)(H,50,51,52)(H,53,54,55)(H,56,57,58)(H,59,60,61)(H,62,63,64);;;;;;;;;;;;;;4*(H2,1,2,3,4)/q-4;13*+1;;;;/p-13/t17-,19-,21+,22-,23-,24-,25-,26-,27-,28-,29-,30-,31-,32?,33+;;;;;;;;;;;;;;;;;/m1................./s1. The molecule has 1 saturated carbocycles. The number of aromatic nitrogens is 3. The van der Waals surface area contributed by atoms with Gasteiger partial charge < -0.3 is 104 Å². The zero-order valence-electron chi connectivity index (χ0n) is 64.3. The Kier molecular flexibility index (Phi) is 90.8. The van der Waals surface area contributed by atoms with Gasteiger partial charge in [-0.05, 0) is 50.3 Å². The van der Waals surface area contributed by atoms with Crippen LogP contribution >= 0.6 is 0 Å². The maximum atomic E-state index is 13.2. The van der Waals surface area contributed by atoms with Gasteiger partial charge in [0.05, 0.1) is 70.2 Å². The maximum absolute atomic E-state index is 13.2. The minimum atomic E-state index is -6.47. The van der Waals surface area contributed by atoms with Crippen LogP contribution in [0.4, 0.5) is 0 Å². The monoisotopic (exact) mass is 2130 g/mol. The first kappa shape index (κ1) is 158. The van der Waals surface area contributed by atoms with E-state index in [1.807, 2.05) is 0 Å². The van der Waals surface area contributed by atoms with E-state index in [1.165, 1.54) is 10.9 Å². The van der Waals surface area contributed by atoms with Crippen LogP contribution in [0.1, 0.15) is 26.0 Å². The number of rotatable bonds is 33. The summed E-state index contributed by atoms with van der Waals surface area (Å²) in [5, 5.41) is 7.72. The summed E-state index contributed by atoms with van der Waals surface area (Å²) in [5.74, 6) is -1.74. The number of nitrogens with zero attached hydrogens (tertiary/aromatic N) is 4. The Hall–Kier alpha value is 9.95. The molecule has 1 aromatic rings. The molecule has 1 unspecified atom stereocenters. The minimum absolute atomic E-state index is 0. The van der Waals surface area contributed by atoms with Gasteiger partial charge in [0.2, 0.25) is 125 Å². The molecule has 2 saturated heterocycles. The second-order valence-corrected chi connectivity index (χ2v) is 32.2. The van der Waals surface area contributed by atoms with Gasteiger partial charge in [-0.3, -0.25) is 47.8 Å². The molecule has 0 bridgehead atoms. The Morgan fingerprint density at radius 1 is 0.467 bits per heavy atom. The molecule has 87 heteroatoms. The summed E-state index contributed by atoms with van der Waals surface area (Å²) >= 11 is 0. The van der Waals surface area contributed by atoms with E-state index in [9.17, 15) is 117 Å². The summed E-state index contributed by atoms with van der Waals surface area (Å²) in [5.41, 5.74) is -1.22. The first-order valence-electron chi connectivity index (χ1n) is 25.8. The van der Waals surface area contributed by atoms with Crippen molar-refractivity contribution in [2.45, 2.75) is 119 Å². The fourth-order valence-corrected chi connectivity index (χ4v) is 12.8. The third-order valence-corrected chi connectivity index (χ3v) is 16.0. The van der Waals surface area contributed by atoms with E-state index >= 15 is 0 Å². The average molecular weight is 2130 g/mol. The second-order valence-electron chi connectivity index (χ2n) is 19.3. The van der Waals surface area contributed by atoms with Crippen LogP contribution in [0, 0.1) is 31.6 Å². The van der Waals surface area contributed by atoms with Crippen LogP contribution in [-0.2, 0) is 210 Å². The molecular weight excluding hydrogens is 2080 g/mol. The molecule has 2 aliphatic carbocycles. The van der Waals surface area contributed by atoms with Crippen molar-refractivity contribution in [2.24, 2.45) is 5.92 Å². The van der Waals surface area contributed by atoms with Gasteiger partial charge in [-0.2, -0.15) is 0 Å². The zero-order valence-corrected chi connectivity index (χ0v) is 101. The molecule has 5 rings (SSSR count). The topological polar surface area (TPSA) is 988 Å². The summed E-state index contributed by atoms with van der Waals surface area (Å²) in [6.45, 7) is -2.24. The van der Waals surface area contributed by atoms with Crippen molar-refractivity contribution >= 4 is 135 Å². The molecule has 4 N–H and O–H groups in total. The van der Waals surface area contributed by atoms with Crippen LogP contribution in [0.25, 0.3) is 0 Å². The second kappa shape index (κ2) is 69.0. The molecule has 120 heavy (non-hydrogen) atoms. The molecule has 4 aliphatic rings. The van der Waals surface area contributed by atoms with E-state index in [0.717, 1.165) is 6.42 Å². The molecule has 1 aromatic heterocycles. The van der Waals surface area contributed by atoms with Gasteiger partial charge in [0.15, 0.2) is 10.3 Å². The van der Waals surface area contributed by atoms with Gasteiger partial charge in [0.1, 0.15) is 11.8 Å². The Morgan fingerprint density at radius 2 is 0.833 bits per heavy atom. The fraction of sp³-hybridized carbons (Fsp3) is 0.758. The Bertz CT molecular complexity index is 4580. The van der Waals surface area contributed by atoms with Gasteiger partial charge in [-0.1, -0.05) is 23.4 Å².